The average molecular weight is 438 g/mol. The number of nitrogens with one attached hydrogen (secondary N) is 1. The molecule has 0 radical (unpaired) electrons. The molecule has 10 heteroatoms. The normalized spacial score (nSPS) is 22.3. The van der Waals surface area contributed by atoms with Gasteiger partial charge in [0.25, 0.3) is 11.8 Å². The number of rotatable bonds is 5. The van der Waals surface area contributed by atoms with Crippen LogP contribution in [-0.2, 0) is 14.3 Å². The first-order valence-corrected chi connectivity index (χ1v) is 10.5. The van der Waals surface area contributed by atoms with E-state index in [0.29, 0.717) is 41.8 Å². The molecule has 3 aliphatic rings. The predicted molar refractivity (Wildman–Crippen MR) is 107 cm³/mol. The van der Waals surface area contributed by atoms with Crippen LogP contribution < -0.4 is 5.32 Å². The largest absolute Gasteiger partial charge is 0.442 e. The van der Waals surface area contributed by atoms with Crippen molar-refractivity contribution in [3.8, 4) is 0 Å². The number of cyclic esters (lactones) is 1. The van der Waals surface area contributed by atoms with E-state index in [1.54, 1.807) is 21.9 Å². The van der Waals surface area contributed by atoms with Gasteiger partial charge in [0.2, 0.25) is 0 Å². The Hall–Kier alpha value is -2.36. The quantitative estimate of drug-likeness (QED) is 0.764. The topological polar surface area (TPSA) is 88.2 Å². The van der Waals surface area contributed by atoms with E-state index in [9.17, 15) is 14.4 Å². The lowest BCUT2D eigenvalue weighted by molar-refractivity contribution is -0.140. The zero-order valence-electron chi connectivity index (χ0n) is 15.6. The second-order valence-electron chi connectivity index (χ2n) is 6.84. The molecule has 1 N–H and O–H groups in total. The van der Waals surface area contributed by atoms with Gasteiger partial charge in [-0.1, -0.05) is 11.6 Å². The summed E-state index contributed by atoms with van der Waals surface area (Å²) < 4.78 is 11.1. The summed E-state index contributed by atoms with van der Waals surface area (Å²) >= 11 is 7.05. The van der Waals surface area contributed by atoms with Crippen LogP contribution in [0.5, 0.6) is 0 Å². The van der Waals surface area contributed by atoms with E-state index in [1.165, 1.54) is 11.3 Å². The maximum Gasteiger partial charge on any atom is 0.414 e. The molecule has 3 amide bonds. The number of morpholine rings is 1. The van der Waals surface area contributed by atoms with Crippen LogP contribution in [0, 0.1) is 0 Å². The van der Waals surface area contributed by atoms with E-state index in [1.807, 2.05) is 12.2 Å². The minimum atomic E-state index is -0.422. The second kappa shape index (κ2) is 8.56. The van der Waals surface area contributed by atoms with Crippen LogP contribution in [0.1, 0.15) is 22.5 Å². The second-order valence-corrected chi connectivity index (χ2v) is 8.56. The SMILES string of the molecule is O=C(NC[C@H]1CN(C2=CC=C(N3CCOCC3=O)CC2)C(=O)O1)c1ccc(Cl)s1. The Balaban J connectivity index is 1.33. The molecule has 3 heterocycles. The lowest BCUT2D eigenvalue weighted by Crippen LogP contribution is -2.41. The summed E-state index contributed by atoms with van der Waals surface area (Å²) in [7, 11) is 0. The van der Waals surface area contributed by atoms with Gasteiger partial charge in [-0.25, -0.2) is 4.79 Å². The molecule has 1 aromatic heterocycles. The van der Waals surface area contributed by atoms with E-state index in [0.717, 1.165) is 11.4 Å². The van der Waals surface area contributed by atoms with Crippen LogP contribution in [0.25, 0.3) is 0 Å². The van der Waals surface area contributed by atoms with E-state index >= 15 is 0 Å². The zero-order valence-corrected chi connectivity index (χ0v) is 17.1. The van der Waals surface area contributed by atoms with Crippen molar-refractivity contribution in [3.05, 3.63) is 44.9 Å². The van der Waals surface area contributed by atoms with Gasteiger partial charge in [0.1, 0.15) is 12.7 Å². The number of carbonyl (C=O) groups excluding carboxylic acids is 3. The Morgan fingerprint density at radius 2 is 1.97 bits per heavy atom. The van der Waals surface area contributed by atoms with Crippen LogP contribution in [0.3, 0.4) is 0 Å². The minimum absolute atomic E-state index is 0.0391. The number of hydrogen-bond donors (Lipinski definition) is 1. The summed E-state index contributed by atoms with van der Waals surface area (Å²) in [5, 5.41) is 2.77. The number of allylic oxidation sites excluding steroid dienone is 4. The highest BCUT2D eigenvalue weighted by atomic mass is 35.5. The highest BCUT2D eigenvalue weighted by Crippen LogP contribution is 2.28. The molecule has 0 aromatic carbocycles. The molecule has 0 unspecified atom stereocenters. The first kappa shape index (κ1) is 19.9. The molecule has 1 aliphatic carbocycles. The maximum atomic E-state index is 12.3. The Morgan fingerprint density at radius 3 is 2.62 bits per heavy atom. The summed E-state index contributed by atoms with van der Waals surface area (Å²) in [6.45, 7) is 1.79. The third-order valence-electron chi connectivity index (χ3n) is 4.95. The van der Waals surface area contributed by atoms with Crippen molar-refractivity contribution in [1.82, 2.24) is 15.1 Å². The average Bonchev–Trinajstić information content (AvgIpc) is 3.32. The lowest BCUT2D eigenvalue weighted by atomic mass is 10.1. The number of thiophene rings is 1. The molecular weight excluding hydrogens is 418 g/mol. The number of carbonyl (C=O) groups is 3. The van der Waals surface area contributed by atoms with Crippen molar-refractivity contribution in [1.29, 1.82) is 0 Å². The first-order chi connectivity index (χ1) is 14.0. The molecule has 8 nitrogen and oxygen atoms in total. The summed E-state index contributed by atoms with van der Waals surface area (Å²) in [5.74, 6) is -0.279. The third kappa shape index (κ3) is 4.47. The van der Waals surface area contributed by atoms with Gasteiger partial charge in [-0.3, -0.25) is 14.5 Å². The number of ether oxygens (including phenoxy) is 2. The fourth-order valence-electron chi connectivity index (χ4n) is 3.48. The maximum absolute atomic E-state index is 12.3. The fourth-order valence-corrected chi connectivity index (χ4v) is 4.44. The number of halogens is 1. The van der Waals surface area contributed by atoms with Crippen LogP contribution in [0.4, 0.5) is 4.79 Å². The highest BCUT2D eigenvalue weighted by molar-refractivity contribution is 7.17. The molecular formula is C19H20ClN3O5S. The molecule has 4 rings (SSSR count). The van der Waals surface area contributed by atoms with E-state index in [4.69, 9.17) is 21.1 Å². The molecule has 2 aliphatic heterocycles. The molecule has 1 aromatic rings. The van der Waals surface area contributed by atoms with E-state index in [-0.39, 0.29) is 25.0 Å². The standard InChI is InChI=1S/C19H20ClN3O5S/c20-16-6-5-15(29-16)18(25)21-9-14-10-23(19(26)28-14)13-3-1-12(2-4-13)22-7-8-27-11-17(22)24/h1,3,5-6,14H,2,4,7-11H2,(H,21,25)/t14-/m0/s1. The predicted octanol–water partition coefficient (Wildman–Crippen LogP) is 2.37. The summed E-state index contributed by atoms with van der Waals surface area (Å²) in [6.07, 6.45) is 4.20. The van der Waals surface area contributed by atoms with Gasteiger partial charge in [-0.15, -0.1) is 11.3 Å². The van der Waals surface area contributed by atoms with E-state index < -0.39 is 12.2 Å². The van der Waals surface area contributed by atoms with Crippen LogP contribution in [0.2, 0.25) is 4.34 Å². The first-order valence-electron chi connectivity index (χ1n) is 9.31. The molecule has 1 atom stereocenters. The van der Waals surface area contributed by atoms with Crippen molar-refractivity contribution in [2.75, 3.05) is 32.8 Å². The van der Waals surface area contributed by atoms with Gasteiger partial charge >= 0.3 is 6.09 Å². The van der Waals surface area contributed by atoms with Gasteiger partial charge in [-0.05, 0) is 37.1 Å². The van der Waals surface area contributed by atoms with Gasteiger partial charge in [0.15, 0.2) is 0 Å². The molecule has 29 heavy (non-hydrogen) atoms. The number of hydrogen-bond acceptors (Lipinski definition) is 6. The van der Waals surface area contributed by atoms with Crippen molar-refractivity contribution in [2.24, 2.45) is 0 Å². The van der Waals surface area contributed by atoms with Gasteiger partial charge in [0.05, 0.1) is 28.9 Å². The van der Waals surface area contributed by atoms with Crippen LogP contribution in [-0.4, -0.2) is 66.7 Å². The van der Waals surface area contributed by atoms with Crippen molar-refractivity contribution < 1.29 is 23.9 Å². The zero-order chi connectivity index (χ0) is 20.4. The molecule has 2 fully saturated rings. The summed E-state index contributed by atoms with van der Waals surface area (Å²) in [6, 6.07) is 3.32. The minimum Gasteiger partial charge on any atom is -0.442 e. The van der Waals surface area contributed by atoms with Crippen LogP contribution in [0.15, 0.2) is 35.7 Å². The Labute approximate surface area is 176 Å². The lowest BCUT2D eigenvalue weighted by Gasteiger charge is -2.31. The van der Waals surface area contributed by atoms with Gasteiger partial charge in [-0.2, -0.15) is 0 Å². The monoisotopic (exact) mass is 437 g/mol. The summed E-state index contributed by atoms with van der Waals surface area (Å²) in [5.41, 5.74) is 1.78. The molecule has 2 saturated heterocycles. The number of amides is 3. The van der Waals surface area contributed by atoms with Gasteiger partial charge in [0, 0.05) is 17.9 Å². The molecule has 0 spiro atoms. The fraction of sp³-hybridized carbons (Fsp3) is 0.421. The molecule has 0 bridgehead atoms. The van der Waals surface area contributed by atoms with Crippen molar-refractivity contribution in [2.45, 2.75) is 18.9 Å². The van der Waals surface area contributed by atoms with Crippen molar-refractivity contribution in [3.63, 3.8) is 0 Å². The van der Waals surface area contributed by atoms with Gasteiger partial charge < -0.3 is 19.7 Å². The van der Waals surface area contributed by atoms with E-state index in [2.05, 4.69) is 5.32 Å². The molecule has 0 saturated carbocycles. The number of nitrogens with zero attached hydrogens (tertiary/aromatic N) is 2. The Bertz CT molecular complexity index is 896. The molecule has 154 valence electrons. The van der Waals surface area contributed by atoms with Crippen LogP contribution >= 0.6 is 22.9 Å². The van der Waals surface area contributed by atoms with Crippen molar-refractivity contribution >= 4 is 40.8 Å². The summed E-state index contributed by atoms with van der Waals surface area (Å²) in [4.78, 5) is 40.2. The Kier molecular flexibility index (Phi) is 5.89. The Morgan fingerprint density at radius 1 is 1.21 bits per heavy atom. The smallest absolute Gasteiger partial charge is 0.414 e. The third-order valence-corrected chi connectivity index (χ3v) is 6.18. The highest BCUT2D eigenvalue weighted by Gasteiger charge is 2.34.